The SMILES string of the molecule is CCC1CC(C(=O)O)C(C(=O)NC(C)(C)C2CC2)C1. The summed E-state index contributed by atoms with van der Waals surface area (Å²) in [5, 5.41) is 12.4. The molecule has 19 heavy (non-hydrogen) atoms. The van der Waals surface area contributed by atoms with E-state index in [9.17, 15) is 14.7 Å². The van der Waals surface area contributed by atoms with E-state index in [0.717, 1.165) is 25.7 Å². The van der Waals surface area contributed by atoms with Crippen molar-refractivity contribution in [2.24, 2.45) is 23.7 Å². The predicted octanol–water partition coefficient (Wildman–Crippen LogP) is 2.43. The molecule has 4 heteroatoms. The van der Waals surface area contributed by atoms with Crippen LogP contribution in [0.5, 0.6) is 0 Å². The summed E-state index contributed by atoms with van der Waals surface area (Å²) >= 11 is 0. The average Bonchev–Trinajstić information content (AvgIpc) is 3.08. The van der Waals surface area contributed by atoms with Crippen LogP contribution in [0.4, 0.5) is 0 Å². The number of hydrogen-bond acceptors (Lipinski definition) is 2. The van der Waals surface area contributed by atoms with E-state index in [4.69, 9.17) is 0 Å². The Labute approximate surface area is 115 Å². The molecule has 108 valence electrons. The van der Waals surface area contributed by atoms with Gasteiger partial charge in [0, 0.05) is 5.54 Å². The summed E-state index contributed by atoms with van der Waals surface area (Å²) < 4.78 is 0. The molecule has 0 saturated heterocycles. The first-order valence-corrected chi connectivity index (χ1v) is 7.40. The van der Waals surface area contributed by atoms with Crippen molar-refractivity contribution < 1.29 is 14.7 Å². The minimum atomic E-state index is -0.819. The van der Waals surface area contributed by atoms with Crippen LogP contribution >= 0.6 is 0 Å². The lowest BCUT2D eigenvalue weighted by atomic mass is 9.92. The van der Waals surface area contributed by atoms with Gasteiger partial charge in [0.1, 0.15) is 0 Å². The Morgan fingerprint density at radius 3 is 2.26 bits per heavy atom. The Kier molecular flexibility index (Phi) is 3.88. The Morgan fingerprint density at radius 2 is 1.79 bits per heavy atom. The van der Waals surface area contributed by atoms with Gasteiger partial charge >= 0.3 is 5.97 Å². The minimum Gasteiger partial charge on any atom is -0.481 e. The summed E-state index contributed by atoms with van der Waals surface area (Å²) in [6, 6.07) is 0. The number of carboxylic acids is 1. The highest BCUT2D eigenvalue weighted by atomic mass is 16.4. The summed E-state index contributed by atoms with van der Waals surface area (Å²) in [5.41, 5.74) is -0.190. The third-order valence-corrected chi connectivity index (χ3v) is 4.93. The number of carbonyl (C=O) groups excluding carboxylic acids is 1. The zero-order valence-corrected chi connectivity index (χ0v) is 12.1. The van der Waals surface area contributed by atoms with Crippen LogP contribution in [0, 0.1) is 23.7 Å². The van der Waals surface area contributed by atoms with Crippen LogP contribution < -0.4 is 5.32 Å². The van der Waals surface area contributed by atoms with Crippen LogP contribution in [0.15, 0.2) is 0 Å². The molecule has 2 aliphatic rings. The van der Waals surface area contributed by atoms with E-state index in [-0.39, 0.29) is 17.4 Å². The molecule has 4 nitrogen and oxygen atoms in total. The Balaban J connectivity index is 2.02. The van der Waals surface area contributed by atoms with Gasteiger partial charge in [-0.25, -0.2) is 0 Å². The normalized spacial score (nSPS) is 31.2. The van der Waals surface area contributed by atoms with E-state index in [1.807, 2.05) is 13.8 Å². The third kappa shape index (κ3) is 3.10. The number of aliphatic carboxylic acids is 1. The highest BCUT2D eigenvalue weighted by Crippen LogP contribution is 2.41. The van der Waals surface area contributed by atoms with Crippen LogP contribution in [0.1, 0.15) is 52.9 Å². The fraction of sp³-hybridized carbons (Fsp3) is 0.867. The number of rotatable bonds is 5. The van der Waals surface area contributed by atoms with Gasteiger partial charge in [0.05, 0.1) is 11.8 Å². The number of carboxylic acid groups (broad SMARTS) is 1. The molecule has 3 unspecified atom stereocenters. The summed E-state index contributed by atoms with van der Waals surface area (Å²) in [5.74, 6) is -0.787. The summed E-state index contributed by atoms with van der Waals surface area (Å²) in [4.78, 5) is 23.7. The van der Waals surface area contributed by atoms with Crippen LogP contribution in [-0.2, 0) is 9.59 Å². The second-order valence-electron chi connectivity index (χ2n) is 6.78. The molecule has 2 saturated carbocycles. The van der Waals surface area contributed by atoms with E-state index >= 15 is 0 Å². The highest BCUT2D eigenvalue weighted by molar-refractivity contribution is 5.85. The van der Waals surface area contributed by atoms with Crippen LogP contribution in [0.25, 0.3) is 0 Å². The zero-order chi connectivity index (χ0) is 14.2. The Bertz CT molecular complexity index is 374. The molecular formula is C15H25NO3. The van der Waals surface area contributed by atoms with E-state index in [1.54, 1.807) is 0 Å². The molecule has 0 heterocycles. The molecular weight excluding hydrogens is 242 g/mol. The molecule has 0 radical (unpaired) electrons. The maximum Gasteiger partial charge on any atom is 0.307 e. The lowest BCUT2D eigenvalue weighted by Crippen LogP contribution is -2.48. The molecule has 1 amide bonds. The van der Waals surface area contributed by atoms with Crippen molar-refractivity contribution in [3.63, 3.8) is 0 Å². The molecule has 2 rings (SSSR count). The van der Waals surface area contributed by atoms with E-state index in [0.29, 0.717) is 18.3 Å². The first-order chi connectivity index (χ1) is 8.85. The van der Waals surface area contributed by atoms with Crippen molar-refractivity contribution in [2.45, 2.75) is 58.4 Å². The van der Waals surface area contributed by atoms with Gasteiger partial charge in [0.25, 0.3) is 0 Å². The van der Waals surface area contributed by atoms with Crippen molar-refractivity contribution in [1.82, 2.24) is 5.32 Å². The number of amides is 1. The molecule has 2 fully saturated rings. The first-order valence-electron chi connectivity index (χ1n) is 7.40. The molecule has 0 aliphatic heterocycles. The molecule has 0 aromatic carbocycles. The third-order valence-electron chi connectivity index (χ3n) is 4.93. The fourth-order valence-corrected chi connectivity index (χ4v) is 3.36. The van der Waals surface area contributed by atoms with Gasteiger partial charge in [-0.15, -0.1) is 0 Å². The topological polar surface area (TPSA) is 66.4 Å². The van der Waals surface area contributed by atoms with Crippen molar-refractivity contribution in [3.8, 4) is 0 Å². The molecule has 0 aromatic heterocycles. The molecule has 2 N–H and O–H groups in total. The Morgan fingerprint density at radius 1 is 1.21 bits per heavy atom. The lowest BCUT2D eigenvalue weighted by molar-refractivity contribution is -0.146. The lowest BCUT2D eigenvalue weighted by Gasteiger charge is -2.28. The maximum absolute atomic E-state index is 12.4. The number of hydrogen-bond donors (Lipinski definition) is 2. The standard InChI is InChI=1S/C15H25NO3/c1-4-9-7-11(12(8-9)14(18)19)13(17)16-15(2,3)10-5-6-10/h9-12H,4-8H2,1-3H3,(H,16,17)(H,18,19). The van der Waals surface area contributed by atoms with Gasteiger partial charge in [-0.3, -0.25) is 9.59 Å². The minimum absolute atomic E-state index is 0.0553. The smallest absolute Gasteiger partial charge is 0.307 e. The van der Waals surface area contributed by atoms with Gasteiger partial charge < -0.3 is 10.4 Å². The summed E-state index contributed by atoms with van der Waals surface area (Å²) in [7, 11) is 0. The summed E-state index contributed by atoms with van der Waals surface area (Å²) in [6.45, 7) is 6.16. The zero-order valence-electron chi connectivity index (χ0n) is 12.1. The molecule has 0 bridgehead atoms. The fourth-order valence-electron chi connectivity index (χ4n) is 3.36. The first kappa shape index (κ1) is 14.4. The van der Waals surface area contributed by atoms with Crippen LogP contribution in [0.2, 0.25) is 0 Å². The van der Waals surface area contributed by atoms with Crippen molar-refractivity contribution in [1.29, 1.82) is 0 Å². The molecule has 0 spiro atoms. The predicted molar refractivity (Wildman–Crippen MR) is 72.6 cm³/mol. The Hall–Kier alpha value is -1.06. The molecule has 3 atom stereocenters. The number of carbonyl (C=O) groups is 2. The quantitative estimate of drug-likeness (QED) is 0.804. The van der Waals surface area contributed by atoms with Gasteiger partial charge in [-0.1, -0.05) is 13.3 Å². The largest absolute Gasteiger partial charge is 0.481 e. The van der Waals surface area contributed by atoms with Crippen LogP contribution in [0.3, 0.4) is 0 Å². The van der Waals surface area contributed by atoms with Gasteiger partial charge in [0.15, 0.2) is 0 Å². The van der Waals surface area contributed by atoms with Crippen LogP contribution in [-0.4, -0.2) is 22.5 Å². The molecule has 0 aromatic rings. The van der Waals surface area contributed by atoms with Crippen molar-refractivity contribution >= 4 is 11.9 Å². The van der Waals surface area contributed by atoms with Gasteiger partial charge in [0.2, 0.25) is 5.91 Å². The second kappa shape index (κ2) is 5.14. The monoisotopic (exact) mass is 267 g/mol. The van der Waals surface area contributed by atoms with Gasteiger partial charge in [-0.2, -0.15) is 0 Å². The van der Waals surface area contributed by atoms with Crippen molar-refractivity contribution in [2.75, 3.05) is 0 Å². The van der Waals surface area contributed by atoms with E-state index in [1.165, 1.54) is 0 Å². The van der Waals surface area contributed by atoms with Crippen molar-refractivity contribution in [3.05, 3.63) is 0 Å². The highest BCUT2D eigenvalue weighted by Gasteiger charge is 2.45. The maximum atomic E-state index is 12.4. The molecule has 2 aliphatic carbocycles. The van der Waals surface area contributed by atoms with E-state index in [2.05, 4.69) is 12.2 Å². The second-order valence-corrected chi connectivity index (χ2v) is 6.78. The average molecular weight is 267 g/mol. The van der Waals surface area contributed by atoms with E-state index < -0.39 is 11.9 Å². The summed E-state index contributed by atoms with van der Waals surface area (Å²) in [6.07, 6.45) is 4.66. The number of nitrogens with one attached hydrogen (secondary N) is 1. The van der Waals surface area contributed by atoms with Gasteiger partial charge in [-0.05, 0) is 51.4 Å².